The molecule has 21 heavy (non-hydrogen) atoms. The van der Waals surface area contributed by atoms with E-state index in [9.17, 15) is 14.4 Å². The lowest BCUT2D eigenvalue weighted by atomic mass is 10.1. The number of amides is 3. The molecule has 0 aliphatic heterocycles. The maximum absolute atomic E-state index is 11.9. The average molecular weight is 295 g/mol. The van der Waals surface area contributed by atoms with Gasteiger partial charge in [0.05, 0.1) is 13.7 Å². The minimum atomic E-state index is -1.11. The molecule has 5 N–H and O–H groups in total. The topological polar surface area (TPSA) is 131 Å². The van der Waals surface area contributed by atoms with E-state index in [0.29, 0.717) is 5.56 Å². The normalized spacial score (nSPS) is 11.3. The number of esters is 1. The van der Waals surface area contributed by atoms with E-state index in [1.165, 1.54) is 12.1 Å². The molecule has 0 aliphatic carbocycles. The number of nitrogens with two attached hydrogens (primary N) is 1. The molecule has 8 heteroatoms. The maximum Gasteiger partial charge on any atom is 0.330 e. The Kier molecular flexibility index (Phi) is 6.15. The Balaban J connectivity index is 2.66. The number of ether oxygens (including phenoxy) is 1. The highest BCUT2D eigenvalue weighted by Crippen LogP contribution is 2.05. The van der Waals surface area contributed by atoms with E-state index in [2.05, 4.69) is 15.4 Å². The number of nitrogens with one attached hydrogen (secondary N) is 2. The summed E-state index contributed by atoms with van der Waals surface area (Å²) in [7, 11) is 1.16. The SMILES string of the molecule is COC(=O)C(CO)NC(=O)c1ccc(CNC(N)=O)cc1. The number of primary amides is 1. The third-order valence-corrected chi connectivity index (χ3v) is 2.66. The van der Waals surface area contributed by atoms with Crippen LogP contribution in [0.15, 0.2) is 24.3 Å². The van der Waals surface area contributed by atoms with Crippen LogP contribution in [0.5, 0.6) is 0 Å². The van der Waals surface area contributed by atoms with Gasteiger partial charge in [0.2, 0.25) is 0 Å². The van der Waals surface area contributed by atoms with Crippen molar-refractivity contribution in [3.63, 3.8) is 0 Å². The first kappa shape index (κ1) is 16.4. The van der Waals surface area contributed by atoms with Crippen molar-refractivity contribution in [3.05, 3.63) is 35.4 Å². The summed E-state index contributed by atoms with van der Waals surface area (Å²) in [6.07, 6.45) is 0. The zero-order chi connectivity index (χ0) is 15.8. The summed E-state index contributed by atoms with van der Waals surface area (Å²) in [5.41, 5.74) is 6.02. The van der Waals surface area contributed by atoms with Gasteiger partial charge in [-0.2, -0.15) is 0 Å². The van der Waals surface area contributed by atoms with E-state index >= 15 is 0 Å². The van der Waals surface area contributed by atoms with E-state index in [-0.39, 0.29) is 6.54 Å². The summed E-state index contributed by atoms with van der Waals surface area (Å²) >= 11 is 0. The van der Waals surface area contributed by atoms with Crippen molar-refractivity contribution in [3.8, 4) is 0 Å². The smallest absolute Gasteiger partial charge is 0.330 e. The fourth-order valence-corrected chi connectivity index (χ4v) is 1.53. The summed E-state index contributed by atoms with van der Waals surface area (Å²) in [4.78, 5) is 33.7. The van der Waals surface area contributed by atoms with E-state index in [4.69, 9.17) is 10.8 Å². The highest BCUT2D eigenvalue weighted by atomic mass is 16.5. The molecule has 1 aromatic carbocycles. The quantitative estimate of drug-likeness (QED) is 0.506. The number of urea groups is 1. The largest absolute Gasteiger partial charge is 0.467 e. The van der Waals surface area contributed by atoms with Crippen LogP contribution in [0.1, 0.15) is 15.9 Å². The van der Waals surface area contributed by atoms with E-state index in [1.54, 1.807) is 12.1 Å². The van der Waals surface area contributed by atoms with Gasteiger partial charge in [-0.1, -0.05) is 12.1 Å². The van der Waals surface area contributed by atoms with Crippen molar-refractivity contribution in [1.29, 1.82) is 0 Å². The fourth-order valence-electron chi connectivity index (χ4n) is 1.53. The van der Waals surface area contributed by atoms with Gasteiger partial charge >= 0.3 is 12.0 Å². The van der Waals surface area contributed by atoms with Gasteiger partial charge < -0.3 is 26.2 Å². The molecule has 0 aliphatic rings. The lowest BCUT2D eigenvalue weighted by Gasteiger charge is -2.14. The van der Waals surface area contributed by atoms with Gasteiger partial charge in [-0.3, -0.25) is 4.79 Å². The highest BCUT2D eigenvalue weighted by Gasteiger charge is 2.20. The Bertz CT molecular complexity index is 515. The first-order valence-corrected chi connectivity index (χ1v) is 6.09. The van der Waals surface area contributed by atoms with Gasteiger partial charge in [0.25, 0.3) is 5.91 Å². The summed E-state index contributed by atoms with van der Waals surface area (Å²) in [5, 5.41) is 13.8. The van der Waals surface area contributed by atoms with Crippen molar-refractivity contribution >= 4 is 17.9 Å². The van der Waals surface area contributed by atoms with Crippen LogP contribution >= 0.6 is 0 Å². The van der Waals surface area contributed by atoms with Crippen LogP contribution in [0.3, 0.4) is 0 Å². The molecule has 0 radical (unpaired) electrons. The third kappa shape index (κ3) is 5.11. The first-order valence-electron chi connectivity index (χ1n) is 6.09. The van der Waals surface area contributed by atoms with E-state index in [0.717, 1.165) is 12.7 Å². The van der Waals surface area contributed by atoms with Gasteiger partial charge in [0.1, 0.15) is 0 Å². The van der Waals surface area contributed by atoms with Crippen LogP contribution in [0.4, 0.5) is 4.79 Å². The molecule has 0 aromatic heterocycles. The number of hydrogen-bond acceptors (Lipinski definition) is 5. The molecule has 8 nitrogen and oxygen atoms in total. The lowest BCUT2D eigenvalue weighted by Crippen LogP contribution is -2.44. The van der Waals surface area contributed by atoms with Crippen LogP contribution in [0.25, 0.3) is 0 Å². The Morgan fingerprint density at radius 3 is 2.38 bits per heavy atom. The molecule has 0 heterocycles. The van der Waals surface area contributed by atoms with Crippen LogP contribution in [0, 0.1) is 0 Å². The summed E-state index contributed by atoms with van der Waals surface area (Å²) in [6, 6.07) is 4.57. The van der Waals surface area contributed by atoms with Crippen LogP contribution in [-0.2, 0) is 16.1 Å². The van der Waals surface area contributed by atoms with Crippen LogP contribution in [0.2, 0.25) is 0 Å². The van der Waals surface area contributed by atoms with Crippen LogP contribution in [-0.4, -0.2) is 42.8 Å². The van der Waals surface area contributed by atoms with Gasteiger partial charge in [0.15, 0.2) is 6.04 Å². The minimum Gasteiger partial charge on any atom is -0.467 e. The predicted molar refractivity (Wildman–Crippen MR) is 73.2 cm³/mol. The fraction of sp³-hybridized carbons (Fsp3) is 0.308. The number of methoxy groups -OCH3 is 1. The molecule has 0 spiro atoms. The van der Waals surface area contributed by atoms with Crippen molar-refractivity contribution in [2.24, 2.45) is 5.73 Å². The lowest BCUT2D eigenvalue weighted by molar-refractivity contribution is -0.143. The van der Waals surface area contributed by atoms with Crippen molar-refractivity contribution in [2.75, 3.05) is 13.7 Å². The Labute approximate surface area is 121 Å². The second-order valence-corrected chi connectivity index (χ2v) is 4.15. The van der Waals surface area contributed by atoms with Crippen molar-refractivity contribution in [2.45, 2.75) is 12.6 Å². The molecule has 3 amide bonds. The van der Waals surface area contributed by atoms with Gasteiger partial charge in [-0.15, -0.1) is 0 Å². The Morgan fingerprint density at radius 1 is 1.29 bits per heavy atom. The molecular formula is C13H17N3O5. The number of benzene rings is 1. The number of aliphatic hydroxyl groups is 1. The summed E-state index contributed by atoms with van der Waals surface area (Å²) in [6.45, 7) is -0.308. The number of rotatable bonds is 6. The van der Waals surface area contributed by atoms with Gasteiger partial charge in [-0.25, -0.2) is 9.59 Å². The molecule has 1 rings (SSSR count). The highest BCUT2D eigenvalue weighted by molar-refractivity contribution is 5.96. The van der Waals surface area contributed by atoms with Crippen LogP contribution < -0.4 is 16.4 Å². The first-order chi connectivity index (χ1) is 9.97. The Morgan fingerprint density at radius 2 is 1.90 bits per heavy atom. The zero-order valence-corrected chi connectivity index (χ0v) is 11.5. The maximum atomic E-state index is 11.9. The number of carbonyl (C=O) groups excluding carboxylic acids is 3. The molecule has 0 bridgehead atoms. The van der Waals surface area contributed by atoms with Gasteiger partial charge in [0, 0.05) is 12.1 Å². The minimum absolute atomic E-state index is 0.249. The summed E-state index contributed by atoms with van der Waals surface area (Å²) in [5.74, 6) is -1.25. The third-order valence-electron chi connectivity index (χ3n) is 2.66. The second kappa shape index (κ2) is 7.85. The monoisotopic (exact) mass is 295 g/mol. The predicted octanol–water partition coefficient (Wildman–Crippen LogP) is -0.881. The average Bonchev–Trinajstić information content (AvgIpc) is 2.50. The van der Waals surface area contributed by atoms with E-state index in [1.807, 2.05) is 0 Å². The molecule has 1 aromatic rings. The molecule has 0 fully saturated rings. The second-order valence-electron chi connectivity index (χ2n) is 4.15. The number of aliphatic hydroxyl groups excluding tert-OH is 1. The molecule has 114 valence electrons. The standard InChI is InChI=1S/C13H17N3O5/c1-21-12(19)10(7-17)16-11(18)9-4-2-8(3-5-9)6-15-13(14)20/h2-5,10,17H,6-7H2,1H3,(H,16,18)(H3,14,15,20). The number of hydrogen-bond donors (Lipinski definition) is 4. The zero-order valence-electron chi connectivity index (χ0n) is 11.5. The Hall–Kier alpha value is -2.61. The molecule has 1 atom stereocenters. The molecule has 0 saturated heterocycles. The molecule has 1 unspecified atom stereocenters. The molecule has 0 saturated carbocycles. The summed E-state index contributed by atoms with van der Waals surface area (Å²) < 4.78 is 4.45. The van der Waals surface area contributed by atoms with Crippen molar-refractivity contribution < 1.29 is 24.2 Å². The van der Waals surface area contributed by atoms with Crippen molar-refractivity contribution in [1.82, 2.24) is 10.6 Å². The van der Waals surface area contributed by atoms with Gasteiger partial charge in [-0.05, 0) is 17.7 Å². The molecular weight excluding hydrogens is 278 g/mol. The number of carbonyl (C=O) groups is 3. The van der Waals surface area contributed by atoms with E-state index < -0.39 is 30.6 Å².